The molecule has 0 bridgehead atoms. The number of hydrogen-bond donors (Lipinski definition) is 1. The number of rotatable bonds is 5. The molecule has 0 spiro atoms. The first-order valence-electron chi connectivity index (χ1n) is 7.79. The highest BCUT2D eigenvalue weighted by Crippen LogP contribution is 2.24. The van der Waals surface area contributed by atoms with Gasteiger partial charge in [0.05, 0.1) is 0 Å². The molecule has 0 aromatic heterocycles. The number of benzene rings is 1. The van der Waals surface area contributed by atoms with Crippen LogP contribution in [0.3, 0.4) is 0 Å². The number of likely N-dealkylation sites (N-methyl/N-ethyl adjacent to an activating group) is 1. The molecule has 1 aliphatic rings. The zero-order valence-electron chi connectivity index (χ0n) is 13.1. The molecule has 0 radical (unpaired) electrons. The number of nitrogens with zero attached hydrogens (tertiary/aromatic N) is 2. The minimum Gasteiger partial charge on any atom is -0.508 e. The van der Waals surface area contributed by atoms with Crippen LogP contribution in [0.5, 0.6) is 5.75 Å². The molecule has 0 aliphatic carbocycles. The van der Waals surface area contributed by atoms with Crippen molar-refractivity contribution in [2.45, 2.75) is 32.6 Å². The SMILES string of the molecule is CC(C)c1ccc(O)c(CCCN2CCN(C)CC2)c1. The Hall–Kier alpha value is -1.06. The van der Waals surface area contributed by atoms with Crippen LogP contribution < -0.4 is 0 Å². The molecule has 0 saturated carbocycles. The number of phenolic OH excluding ortho intramolecular Hbond substituents is 1. The standard InChI is InChI=1S/C17H28N2O/c1-14(2)15-6-7-17(20)16(13-15)5-4-8-19-11-9-18(3)10-12-19/h6-7,13-14,20H,4-5,8-12H2,1-3H3. The third-order valence-corrected chi connectivity index (χ3v) is 4.29. The second kappa shape index (κ2) is 7.09. The number of phenols is 1. The summed E-state index contributed by atoms with van der Waals surface area (Å²) in [4.78, 5) is 4.91. The lowest BCUT2D eigenvalue weighted by molar-refractivity contribution is 0.153. The van der Waals surface area contributed by atoms with E-state index in [0.717, 1.165) is 24.9 Å². The van der Waals surface area contributed by atoms with Gasteiger partial charge in [-0.15, -0.1) is 0 Å². The van der Waals surface area contributed by atoms with Crippen LogP contribution in [0.25, 0.3) is 0 Å². The zero-order chi connectivity index (χ0) is 14.5. The molecule has 1 aromatic rings. The van der Waals surface area contributed by atoms with Gasteiger partial charge in [0.2, 0.25) is 0 Å². The lowest BCUT2D eigenvalue weighted by Gasteiger charge is -2.32. The third-order valence-electron chi connectivity index (χ3n) is 4.29. The first-order chi connectivity index (χ1) is 9.56. The third kappa shape index (κ3) is 4.22. The Labute approximate surface area is 123 Å². The fourth-order valence-corrected chi connectivity index (χ4v) is 2.73. The van der Waals surface area contributed by atoms with Crippen LogP contribution in [0.2, 0.25) is 0 Å². The number of hydrogen-bond acceptors (Lipinski definition) is 3. The van der Waals surface area contributed by atoms with Gasteiger partial charge in [0, 0.05) is 26.2 Å². The summed E-state index contributed by atoms with van der Waals surface area (Å²) in [6.45, 7) is 10.2. The van der Waals surface area contributed by atoms with E-state index in [1.807, 2.05) is 12.1 Å². The van der Waals surface area contributed by atoms with E-state index in [1.54, 1.807) is 0 Å². The smallest absolute Gasteiger partial charge is 0.118 e. The van der Waals surface area contributed by atoms with Crippen LogP contribution in [0, 0.1) is 0 Å². The van der Waals surface area contributed by atoms with E-state index < -0.39 is 0 Å². The minimum absolute atomic E-state index is 0.452. The lowest BCUT2D eigenvalue weighted by Crippen LogP contribution is -2.44. The van der Waals surface area contributed by atoms with E-state index in [-0.39, 0.29) is 0 Å². The summed E-state index contributed by atoms with van der Waals surface area (Å²) in [7, 11) is 2.19. The molecule has 3 nitrogen and oxygen atoms in total. The molecule has 3 heteroatoms. The second-order valence-corrected chi connectivity index (χ2v) is 6.29. The van der Waals surface area contributed by atoms with Gasteiger partial charge in [0.25, 0.3) is 0 Å². The largest absolute Gasteiger partial charge is 0.508 e. The Bertz CT molecular complexity index is 423. The van der Waals surface area contributed by atoms with Crippen molar-refractivity contribution in [1.82, 2.24) is 9.80 Å². The molecular formula is C17H28N2O. The van der Waals surface area contributed by atoms with Crippen LogP contribution in [0.15, 0.2) is 18.2 Å². The molecule has 1 heterocycles. The van der Waals surface area contributed by atoms with Crippen molar-refractivity contribution in [3.05, 3.63) is 29.3 Å². The van der Waals surface area contributed by atoms with Crippen LogP contribution >= 0.6 is 0 Å². The number of aryl methyl sites for hydroxylation is 1. The van der Waals surface area contributed by atoms with E-state index in [4.69, 9.17) is 0 Å². The molecule has 1 fully saturated rings. The van der Waals surface area contributed by atoms with Gasteiger partial charge < -0.3 is 14.9 Å². The maximum absolute atomic E-state index is 9.97. The maximum atomic E-state index is 9.97. The first kappa shape index (κ1) is 15.3. The molecule has 1 aliphatic heterocycles. The summed E-state index contributed by atoms with van der Waals surface area (Å²) < 4.78 is 0. The first-order valence-corrected chi connectivity index (χ1v) is 7.79. The van der Waals surface area contributed by atoms with E-state index >= 15 is 0 Å². The molecule has 1 saturated heterocycles. The van der Waals surface area contributed by atoms with Crippen LogP contribution in [-0.4, -0.2) is 54.7 Å². The van der Waals surface area contributed by atoms with Gasteiger partial charge in [-0.1, -0.05) is 26.0 Å². The van der Waals surface area contributed by atoms with Crippen LogP contribution in [-0.2, 0) is 6.42 Å². The van der Waals surface area contributed by atoms with Gasteiger partial charge in [0.1, 0.15) is 5.75 Å². The van der Waals surface area contributed by atoms with Crippen molar-refractivity contribution in [3.63, 3.8) is 0 Å². The Morgan fingerprint density at radius 3 is 2.50 bits per heavy atom. The van der Waals surface area contributed by atoms with E-state index in [2.05, 4.69) is 36.8 Å². The van der Waals surface area contributed by atoms with Gasteiger partial charge in [-0.3, -0.25) is 0 Å². The highest BCUT2D eigenvalue weighted by Gasteiger charge is 2.13. The monoisotopic (exact) mass is 276 g/mol. The second-order valence-electron chi connectivity index (χ2n) is 6.29. The Morgan fingerprint density at radius 2 is 1.85 bits per heavy atom. The molecule has 1 aromatic carbocycles. The predicted octanol–water partition coefficient (Wildman–Crippen LogP) is 2.70. The van der Waals surface area contributed by atoms with Crippen molar-refractivity contribution < 1.29 is 5.11 Å². The Balaban J connectivity index is 1.83. The van der Waals surface area contributed by atoms with Gasteiger partial charge in [-0.05, 0) is 49.5 Å². The highest BCUT2D eigenvalue weighted by atomic mass is 16.3. The fourth-order valence-electron chi connectivity index (χ4n) is 2.73. The summed E-state index contributed by atoms with van der Waals surface area (Å²) in [5, 5.41) is 9.97. The molecule has 0 atom stereocenters. The molecule has 112 valence electrons. The average Bonchev–Trinajstić information content (AvgIpc) is 2.43. The predicted molar refractivity (Wildman–Crippen MR) is 84.5 cm³/mol. The van der Waals surface area contributed by atoms with Crippen molar-refractivity contribution in [2.75, 3.05) is 39.8 Å². The van der Waals surface area contributed by atoms with Gasteiger partial charge >= 0.3 is 0 Å². The minimum atomic E-state index is 0.452. The molecule has 0 amide bonds. The van der Waals surface area contributed by atoms with E-state index in [1.165, 1.54) is 31.7 Å². The van der Waals surface area contributed by atoms with Crippen molar-refractivity contribution in [1.29, 1.82) is 0 Å². The van der Waals surface area contributed by atoms with Gasteiger partial charge in [-0.2, -0.15) is 0 Å². The molecule has 2 rings (SSSR count). The lowest BCUT2D eigenvalue weighted by atomic mass is 9.98. The Morgan fingerprint density at radius 1 is 1.15 bits per heavy atom. The van der Waals surface area contributed by atoms with Crippen molar-refractivity contribution in [2.24, 2.45) is 0 Å². The van der Waals surface area contributed by atoms with Crippen LogP contribution in [0.4, 0.5) is 0 Å². The summed E-state index contributed by atoms with van der Waals surface area (Å²) in [5.74, 6) is 0.972. The summed E-state index contributed by atoms with van der Waals surface area (Å²) in [5.41, 5.74) is 2.42. The fraction of sp³-hybridized carbons (Fsp3) is 0.647. The van der Waals surface area contributed by atoms with Gasteiger partial charge in [-0.25, -0.2) is 0 Å². The van der Waals surface area contributed by atoms with Crippen LogP contribution in [0.1, 0.15) is 37.3 Å². The highest BCUT2D eigenvalue weighted by molar-refractivity contribution is 5.37. The number of piperazine rings is 1. The summed E-state index contributed by atoms with van der Waals surface area (Å²) in [6, 6.07) is 6.05. The average molecular weight is 276 g/mol. The van der Waals surface area contributed by atoms with Crippen molar-refractivity contribution >= 4 is 0 Å². The molecule has 0 unspecified atom stereocenters. The quantitative estimate of drug-likeness (QED) is 0.896. The van der Waals surface area contributed by atoms with Crippen molar-refractivity contribution in [3.8, 4) is 5.75 Å². The molecule has 1 N–H and O–H groups in total. The Kier molecular flexibility index (Phi) is 5.44. The van der Waals surface area contributed by atoms with E-state index in [0.29, 0.717) is 11.7 Å². The summed E-state index contributed by atoms with van der Waals surface area (Å²) >= 11 is 0. The van der Waals surface area contributed by atoms with E-state index in [9.17, 15) is 5.11 Å². The normalized spacial score (nSPS) is 17.8. The number of aromatic hydroxyl groups is 1. The van der Waals surface area contributed by atoms with Gasteiger partial charge in [0.15, 0.2) is 0 Å². The molecular weight excluding hydrogens is 248 g/mol. The topological polar surface area (TPSA) is 26.7 Å². The zero-order valence-corrected chi connectivity index (χ0v) is 13.1. The summed E-state index contributed by atoms with van der Waals surface area (Å²) in [6.07, 6.45) is 2.09. The maximum Gasteiger partial charge on any atom is 0.118 e. The molecule has 20 heavy (non-hydrogen) atoms.